The maximum absolute atomic E-state index is 10.6. The first-order valence-electron chi connectivity index (χ1n) is 4.41. The van der Waals surface area contributed by atoms with Crippen molar-refractivity contribution in [1.29, 1.82) is 0 Å². The number of nitro benzene ring substituents is 1. The molecule has 0 saturated carbocycles. The fourth-order valence-corrected chi connectivity index (χ4v) is 1.01. The van der Waals surface area contributed by atoms with Gasteiger partial charge in [-0.25, -0.2) is 0 Å². The lowest BCUT2D eigenvalue weighted by Crippen LogP contribution is -1.99. The molecular weight excluding hydrogens is 182 g/mol. The zero-order chi connectivity index (χ0) is 10.4. The molecule has 75 valence electrons. The van der Waals surface area contributed by atoms with Gasteiger partial charge in [-0.3, -0.25) is 10.1 Å². The molecule has 1 rings (SSSR count). The number of unbranched alkanes of at least 4 members (excludes halogenated alkanes) is 1. The van der Waals surface area contributed by atoms with E-state index in [1.54, 1.807) is 18.2 Å². The van der Waals surface area contributed by atoms with E-state index in [1.165, 1.54) is 6.07 Å². The summed E-state index contributed by atoms with van der Waals surface area (Å²) in [6, 6.07) is 6.36. The smallest absolute Gasteiger partial charge is 0.310 e. The molecule has 1 radical (unpaired) electrons. The van der Waals surface area contributed by atoms with Crippen LogP contribution in [-0.4, -0.2) is 11.5 Å². The maximum Gasteiger partial charge on any atom is 0.310 e. The molecule has 1 aromatic rings. The highest BCUT2D eigenvalue weighted by atomic mass is 16.6. The second-order valence-corrected chi connectivity index (χ2v) is 2.78. The van der Waals surface area contributed by atoms with Crippen LogP contribution in [0.2, 0.25) is 0 Å². The molecular formula is C10H12NO3. The Kier molecular flexibility index (Phi) is 3.91. The van der Waals surface area contributed by atoms with E-state index in [0.29, 0.717) is 12.4 Å². The van der Waals surface area contributed by atoms with E-state index in [1.807, 2.05) is 0 Å². The Bertz CT molecular complexity index is 312. The molecule has 0 spiro atoms. The fraction of sp³-hybridized carbons (Fsp3) is 0.300. The lowest BCUT2D eigenvalue weighted by Gasteiger charge is -2.04. The van der Waals surface area contributed by atoms with E-state index in [0.717, 1.165) is 12.8 Å². The SMILES string of the molecule is [CH2]CCCOc1ccccc1[N+](=O)[O-]. The largest absolute Gasteiger partial charge is 0.487 e. The van der Waals surface area contributed by atoms with Crippen LogP contribution in [0.4, 0.5) is 5.69 Å². The Labute approximate surface area is 82.7 Å². The molecule has 0 aliphatic carbocycles. The number of hydrogen-bond acceptors (Lipinski definition) is 3. The third-order valence-electron chi connectivity index (χ3n) is 1.71. The van der Waals surface area contributed by atoms with Crippen molar-refractivity contribution in [3.05, 3.63) is 41.3 Å². The van der Waals surface area contributed by atoms with Gasteiger partial charge in [0.1, 0.15) is 0 Å². The van der Waals surface area contributed by atoms with E-state index in [-0.39, 0.29) is 5.69 Å². The lowest BCUT2D eigenvalue weighted by molar-refractivity contribution is -0.385. The molecule has 0 bridgehead atoms. The number of ether oxygens (including phenoxy) is 1. The van der Waals surface area contributed by atoms with Crippen LogP contribution in [0.15, 0.2) is 24.3 Å². The van der Waals surface area contributed by atoms with Gasteiger partial charge in [-0.2, -0.15) is 0 Å². The normalized spacial score (nSPS) is 9.79. The second kappa shape index (κ2) is 5.21. The molecule has 1 aromatic carbocycles. The van der Waals surface area contributed by atoms with Crippen LogP contribution in [0.1, 0.15) is 12.8 Å². The minimum absolute atomic E-state index is 0.0107. The predicted octanol–water partition coefficient (Wildman–Crippen LogP) is 2.59. The second-order valence-electron chi connectivity index (χ2n) is 2.78. The number of benzene rings is 1. The summed E-state index contributed by atoms with van der Waals surface area (Å²) in [4.78, 5) is 10.1. The van der Waals surface area contributed by atoms with Crippen molar-refractivity contribution in [2.45, 2.75) is 12.8 Å². The van der Waals surface area contributed by atoms with E-state index < -0.39 is 4.92 Å². The molecule has 0 unspecified atom stereocenters. The average molecular weight is 194 g/mol. The lowest BCUT2D eigenvalue weighted by atomic mass is 10.3. The third kappa shape index (κ3) is 2.73. The van der Waals surface area contributed by atoms with Gasteiger partial charge in [0.2, 0.25) is 0 Å². The van der Waals surface area contributed by atoms with Gasteiger partial charge in [0.05, 0.1) is 11.5 Å². The van der Waals surface area contributed by atoms with Crippen LogP contribution in [0.3, 0.4) is 0 Å². The zero-order valence-corrected chi connectivity index (χ0v) is 7.81. The van der Waals surface area contributed by atoms with Crippen LogP contribution in [0.5, 0.6) is 5.75 Å². The van der Waals surface area contributed by atoms with E-state index in [2.05, 4.69) is 6.92 Å². The summed E-state index contributed by atoms with van der Waals surface area (Å²) in [5, 5.41) is 10.6. The van der Waals surface area contributed by atoms with Gasteiger partial charge >= 0.3 is 5.69 Å². The molecule has 14 heavy (non-hydrogen) atoms. The number of nitro groups is 1. The van der Waals surface area contributed by atoms with Crippen molar-refractivity contribution in [2.24, 2.45) is 0 Å². The summed E-state index contributed by atoms with van der Waals surface area (Å²) in [7, 11) is 0. The third-order valence-corrected chi connectivity index (χ3v) is 1.71. The van der Waals surface area contributed by atoms with E-state index in [9.17, 15) is 10.1 Å². The van der Waals surface area contributed by atoms with Crippen LogP contribution in [0.25, 0.3) is 0 Å². The maximum atomic E-state index is 10.6. The van der Waals surface area contributed by atoms with Crippen LogP contribution >= 0.6 is 0 Å². The Morgan fingerprint density at radius 2 is 2.14 bits per heavy atom. The molecule has 0 heterocycles. The number of hydrogen-bond donors (Lipinski definition) is 0. The van der Waals surface area contributed by atoms with Gasteiger partial charge < -0.3 is 4.74 Å². The molecule has 0 N–H and O–H groups in total. The highest BCUT2D eigenvalue weighted by Crippen LogP contribution is 2.25. The van der Waals surface area contributed by atoms with Gasteiger partial charge in [-0.05, 0) is 12.5 Å². The molecule has 0 fully saturated rings. The van der Waals surface area contributed by atoms with Gasteiger partial charge in [-0.1, -0.05) is 25.5 Å². The first-order valence-corrected chi connectivity index (χ1v) is 4.41. The summed E-state index contributed by atoms with van der Waals surface area (Å²) >= 11 is 0. The quantitative estimate of drug-likeness (QED) is 0.411. The Morgan fingerprint density at radius 3 is 2.79 bits per heavy atom. The van der Waals surface area contributed by atoms with Crippen LogP contribution in [-0.2, 0) is 0 Å². The molecule has 4 heteroatoms. The van der Waals surface area contributed by atoms with Crippen molar-refractivity contribution in [3.63, 3.8) is 0 Å². The van der Waals surface area contributed by atoms with Crippen LogP contribution in [0, 0.1) is 17.0 Å². The molecule has 0 atom stereocenters. The van der Waals surface area contributed by atoms with Gasteiger partial charge in [0.15, 0.2) is 5.75 Å². The molecule has 0 aromatic heterocycles. The topological polar surface area (TPSA) is 52.4 Å². The van der Waals surface area contributed by atoms with E-state index in [4.69, 9.17) is 4.74 Å². The monoisotopic (exact) mass is 194 g/mol. The number of nitrogens with zero attached hydrogens (tertiary/aromatic N) is 1. The van der Waals surface area contributed by atoms with Crippen molar-refractivity contribution in [2.75, 3.05) is 6.61 Å². The average Bonchev–Trinajstić information content (AvgIpc) is 2.19. The molecule has 0 aliphatic rings. The summed E-state index contributed by atoms with van der Waals surface area (Å²) in [6.45, 7) is 4.13. The van der Waals surface area contributed by atoms with Crippen molar-refractivity contribution >= 4 is 5.69 Å². The Balaban J connectivity index is 2.69. The predicted molar refractivity (Wildman–Crippen MR) is 53.2 cm³/mol. The molecule has 4 nitrogen and oxygen atoms in total. The summed E-state index contributed by atoms with van der Waals surface area (Å²) in [5.41, 5.74) is 0.0107. The minimum Gasteiger partial charge on any atom is -0.487 e. The van der Waals surface area contributed by atoms with Gasteiger partial charge in [0, 0.05) is 6.07 Å². The summed E-state index contributed by atoms with van der Waals surface area (Å²) < 4.78 is 5.26. The minimum atomic E-state index is -0.445. The standard InChI is InChI=1S/C10H12NO3/c1-2-3-8-14-10-7-5-4-6-9(10)11(12)13/h4-7H,1-3,8H2. The van der Waals surface area contributed by atoms with Gasteiger partial charge in [-0.15, -0.1) is 0 Å². The fourth-order valence-electron chi connectivity index (χ4n) is 1.01. The number of rotatable bonds is 5. The number of para-hydroxylation sites is 2. The summed E-state index contributed by atoms with van der Waals surface area (Å²) in [5.74, 6) is 0.325. The van der Waals surface area contributed by atoms with Crippen molar-refractivity contribution < 1.29 is 9.66 Å². The first kappa shape index (κ1) is 10.5. The van der Waals surface area contributed by atoms with Crippen molar-refractivity contribution in [3.8, 4) is 5.75 Å². The Hall–Kier alpha value is -1.58. The molecule has 0 aliphatic heterocycles. The first-order chi connectivity index (χ1) is 6.75. The van der Waals surface area contributed by atoms with E-state index >= 15 is 0 Å². The van der Waals surface area contributed by atoms with Crippen molar-refractivity contribution in [1.82, 2.24) is 0 Å². The highest BCUT2D eigenvalue weighted by molar-refractivity contribution is 5.45. The molecule has 0 saturated heterocycles. The van der Waals surface area contributed by atoms with Crippen LogP contribution < -0.4 is 4.74 Å². The molecule has 0 amide bonds. The Morgan fingerprint density at radius 1 is 1.43 bits per heavy atom. The summed E-state index contributed by atoms with van der Waals surface area (Å²) in [6.07, 6.45) is 1.56. The zero-order valence-electron chi connectivity index (χ0n) is 7.81. The highest BCUT2D eigenvalue weighted by Gasteiger charge is 2.12. The van der Waals surface area contributed by atoms with Gasteiger partial charge in [0.25, 0.3) is 0 Å².